The van der Waals surface area contributed by atoms with Crippen LogP contribution in [0.4, 0.5) is 0 Å². The summed E-state index contributed by atoms with van der Waals surface area (Å²) >= 11 is 0. The summed E-state index contributed by atoms with van der Waals surface area (Å²) in [5.74, 6) is 1.07. The summed E-state index contributed by atoms with van der Waals surface area (Å²) in [5.41, 5.74) is 3.74. The Balaban J connectivity index is 1.43. The third-order valence-electron chi connectivity index (χ3n) is 4.89. The van der Waals surface area contributed by atoms with Crippen LogP contribution in [-0.4, -0.2) is 30.5 Å². The number of hydrogen-bond donors (Lipinski definition) is 0. The van der Waals surface area contributed by atoms with Gasteiger partial charge in [0.1, 0.15) is 12.4 Å². The van der Waals surface area contributed by atoms with E-state index in [1.165, 1.54) is 11.1 Å². The first-order valence-corrected chi connectivity index (χ1v) is 8.55. The number of carbonyl (C=O) groups is 1. The Hall–Kier alpha value is -2.55. The third kappa shape index (κ3) is 2.94. The molecule has 0 saturated heterocycles. The molecule has 0 saturated carbocycles. The molecule has 24 heavy (non-hydrogen) atoms. The molecule has 0 bridgehead atoms. The fourth-order valence-corrected chi connectivity index (χ4v) is 3.53. The summed E-state index contributed by atoms with van der Waals surface area (Å²) in [6.07, 6.45) is 3.88. The minimum atomic E-state index is -0.0634. The van der Waals surface area contributed by atoms with E-state index in [2.05, 4.69) is 36.4 Å². The molecular weight excluding hydrogens is 298 g/mol. The molecule has 0 radical (unpaired) electrons. The van der Waals surface area contributed by atoms with E-state index in [-0.39, 0.29) is 11.8 Å². The SMILES string of the molecule is O=C(C1COc2ccccc2C1)N1CC=C(c2ccccc2)CC1. The number of ether oxygens (including phenoxy) is 1. The lowest BCUT2D eigenvalue weighted by molar-refractivity contribution is -0.136. The minimum Gasteiger partial charge on any atom is -0.492 e. The maximum Gasteiger partial charge on any atom is 0.229 e. The Morgan fingerprint density at radius 1 is 1.04 bits per heavy atom. The van der Waals surface area contributed by atoms with E-state index >= 15 is 0 Å². The van der Waals surface area contributed by atoms with Crippen molar-refractivity contribution < 1.29 is 9.53 Å². The second-order valence-electron chi connectivity index (χ2n) is 6.45. The molecule has 0 fully saturated rings. The average molecular weight is 319 g/mol. The topological polar surface area (TPSA) is 29.5 Å². The molecule has 0 spiro atoms. The number of hydrogen-bond acceptors (Lipinski definition) is 2. The summed E-state index contributed by atoms with van der Waals surface area (Å²) < 4.78 is 5.78. The molecule has 0 aromatic heterocycles. The number of para-hydroxylation sites is 1. The Kier molecular flexibility index (Phi) is 4.08. The zero-order valence-corrected chi connectivity index (χ0v) is 13.7. The van der Waals surface area contributed by atoms with Crippen LogP contribution < -0.4 is 4.74 Å². The van der Waals surface area contributed by atoms with Crippen LogP contribution in [0.15, 0.2) is 60.7 Å². The summed E-state index contributed by atoms with van der Waals surface area (Å²) in [5, 5.41) is 0. The predicted octanol–water partition coefficient (Wildman–Crippen LogP) is 3.55. The third-order valence-corrected chi connectivity index (χ3v) is 4.89. The van der Waals surface area contributed by atoms with E-state index in [1.54, 1.807) is 0 Å². The van der Waals surface area contributed by atoms with Crippen LogP contribution in [0.1, 0.15) is 17.5 Å². The van der Waals surface area contributed by atoms with Crippen LogP contribution in [0.25, 0.3) is 5.57 Å². The van der Waals surface area contributed by atoms with E-state index in [0.717, 1.165) is 30.7 Å². The van der Waals surface area contributed by atoms with E-state index in [1.807, 2.05) is 29.2 Å². The van der Waals surface area contributed by atoms with Crippen molar-refractivity contribution in [2.24, 2.45) is 5.92 Å². The van der Waals surface area contributed by atoms with Gasteiger partial charge in [-0.3, -0.25) is 4.79 Å². The van der Waals surface area contributed by atoms with E-state index in [9.17, 15) is 4.79 Å². The van der Waals surface area contributed by atoms with Crippen LogP contribution in [0, 0.1) is 5.92 Å². The summed E-state index contributed by atoms with van der Waals surface area (Å²) in [6.45, 7) is 1.97. The summed E-state index contributed by atoms with van der Waals surface area (Å²) in [4.78, 5) is 14.8. The smallest absolute Gasteiger partial charge is 0.229 e. The molecule has 0 N–H and O–H groups in total. The number of benzene rings is 2. The zero-order chi connectivity index (χ0) is 16.4. The maximum absolute atomic E-state index is 12.8. The van der Waals surface area contributed by atoms with Crippen molar-refractivity contribution in [2.45, 2.75) is 12.8 Å². The van der Waals surface area contributed by atoms with Gasteiger partial charge >= 0.3 is 0 Å². The van der Waals surface area contributed by atoms with Gasteiger partial charge in [0.2, 0.25) is 5.91 Å². The van der Waals surface area contributed by atoms with Gasteiger partial charge < -0.3 is 9.64 Å². The van der Waals surface area contributed by atoms with Crippen LogP contribution in [0.3, 0.4) is 0 Å². The fourth-order valence-electron chi connectivity index (χ4n) is 3.53. The second kappa shape index (κ2) is 6.52. The molecule has 1 amide bonds. The zero-order valence-electron chi connectivity index (χ0n) is 13.7. The van der Waals surface area contributed by atoms with Crippen molar-refractivity contribution in [3.8, 4) is 5.75 Å². The van der Waals surface area contributed by atoms with Gasteiger partial charge in [-0.05, 0) is 35.6 Å². The lowest BCUT2D eigenvalue weighted by Gasteiger charge is -2.32. The largest absolute Gasteiger partial charge is 0.492 e. The Bertz CT molecular complexity index is 766. The van der Waals surface area contributed by atoms with Gasteiger partial charge in [0, 0.05) is 13.1 Å². The van der Waals surface area contributed by atoms with Crippen LogP contribution in [-0.2, 0) is 11.2 Å². The molecule has 3 heteroatoms. The van der Waals surface area contributed by atoms with Crippen LogP contribution >= 0.6 is 0 Å². The van der Waals surface area contributed by atoms with Crippen LogP contribution in [0.2, 0.25) is 0 Å². The quantitative estimate of drug-likeness (QED) is 0.847. The van der Waals surface area contributed by atoms with Gasteiger partial charge in [-0.25, -0.2) is 0 Å². The molecule has 0 aliphatic carbocycles. The summed E-state index contributed by atoms with van der Waals surface area (Å²) in [6, 6.07) is 18.4. The van der Waals surface area contributed by atoms with E-state index in [4.69, 9.17) is 4.74 Å². The Morgan fingerprint density at radius 2 is 1.83 bits per heavy atom. The van der Waals surface area contributed by atoms with Crippen molar-refractivity contribution in [2.75, 3.05) is 19.7 Å². The first-order chi connectivity index (χ1) is 11.8. The van der Waals surface area contributed by atoms with Gasteiger partial charge in [-0.15, -0.1) is 0 Å². The first kappa shape index (κ1) is 15.0. The highest BCUT2D eigenvalue weighted by atomic mass is 16.5. The highest BCUT2D eigenvalue weighted by Gasteiger charge is 2.30. The molecule has 4 rings (SSSR count). The average Bonchev–Trinajstić information content (AvgIpc) is 2.68. The standard InChI is InChI=1S/C21H21NO2/c23-21(19-14-18-8-4-5-9-20(18)24-15-19)22-12-10-17(11-13-22)16-6-2-1-3-7-16/h1-10,19H,11-15H2. The van der Waals surface area contributed by atoms with E-state index in [0.29, 0.717) is 13.2 Å². The Morgan fingerprint density at radius 3 is 2.62 bits per heavy atom. The number of carbonyl (C=O) groups excluding carboxylic acids is 1. The lowest BCUT2D eigenvalue weighted by Crippen LogP contribution is -2.42. The van der Waals surface area contributed by atoms with Crippen molar-refractivity contribution in [1.29, 1.82) is 0 Å². The van der Waals surface area contributed by atoms with Crippen molar-refractivity contribution >= 4 is 11.5 Å². The van der Waals surface area contributed by atoms with Crippen molar-refractivity contribution in [1.82, 2.24) is 4.90 Å². The van der Waals surface area contributed by atoms with Crippen LogP contribution in [0.5, 0.6) is 5.75 Å². The monoisotopic (exact) mass is 319 g/mol. The second-order valence-corrected chi connectivity index (χ2v) is 6.45. The molecule has 1 unspecified atom stereocenters. The minimum absolute atomic E-state index is 0.0634. The molecule has 2 aromatic carbocycles. The summed E-state index contributed by atoms with van der Waals surface area (Å²) in [7, 11) is 0. The van der Waals surface area contributed by atoms with Gasteiger partial charge in [-0.1, -0.05) is 54.6 Å². The molecule has 2 aliphatic rings. The molecule has 2 aromatic rings. The molecule has 3 nitrogen and oxygen atoms in total. The normalized spacial score (nSPS) is 19.9. The van der Waals surface area contributed by atoms with Gasteiger partial charge in [0.15, 0.2) is 0 Å². The number of nitrogens with zero attached hydrogens (tertiary/aromatic N) is 1. The first-order valence-electron chi connectivity index (χ1n) is 8.55. The molecule has 122 valence electrons. The van der Waals surface area contributed by atoms with Crippen molar-refractivity contribution in [3.05, 3.63) is 71.8 Å². The fraction of sp³-hybridized carbons (Fsp3) is 0.286. The Labute approximate surface area is 142 Å². The number of rotatable bonds is 2. The predicted molar refractivity (Wildman–Crippen MR) is 94.7 cm³/mol. The van der Waals surface area contributed by atoms with Crippen molar-refractivity contribution in [3.63, 3.8) is 0 Å². The number of fused-ring (bicyclic) bond motifs is 1. The molecule has 2 heterocycles. The lowest BCUT2D eigenvalue weighted by atomic mass is 9.94. The molecular formula is C21H21NO2. The highest BCUT2D eigenvalue weighted by molar-refractivity contribution is 5.81. The maximum atomic E-state index is 12.8. The van der Waals surface area contributed by atoms with Gasteiger partial charge in [0.25, 0.3) is 0 Å². The van der Waals surface area contributed by atoms with Gasteiger partial charge in [-0.2, -0.15) is 0 Å². The highest BCUT2D eigenvalue weighted by Crippen LogP contribution is 2.29. The number of amides is 1. The molecule has 1 atom stereocenters. The van der Waals surface area contributed by atoms with Gasteiger partial charge in [0.05, 0.1) is 5.92 Å². The van der Waals surface area contributed by atoms with E-state index < -0.39 is 0 Å². The molecule has 2 aliphatic heterocycles.